The third-order valence-corrected chi connectivity index (χ3v) is 5.83. The van der Waals surface area contributed by atoms with Crippen molar-refractivity contribution in [2.24, 2.45) is 0 Å². The summed E-state index contributed by atoms with van der Waals surface area (Å²) in [5.41, 5.74) is 2.33. The number of imidazole rings is 1. The molecule has 1 saturated heterocycles. The minimum absolute atomic E-state index is 0.0653. The van der Waals surface area contributed by atoms with E-state index in [-0.39, 0.29) is 29.3 Å². The normalized spacial score (nSPS) is 19.5. The number of hydrogen-bond donors (Lipinski definition) is 1. The minimum atomic E-state index is -3.68. The molecule has 7 nitrogen and oxygen atoms in total. The number of aryl methyl sites for hydroxylation is 1. The van der Waals surface area contributed by atoms with Gasteiger partial charge in [0.1, 0.15) is 0 Å². The molecule has 29 heavy (non-hydrogen) atoms. The van der Waals surface area contributed by atoms with Crippen LogP contribution in [0, 0.1) is 13.8 Å². The first-order chi connectivity index (χ1) is 13.8. The molecule has 1 amide bonds. The minimum Gasteiger partial charge on any atom is -0.395 e. The highest BCUT2D eigenvalue weighted by molar-refractivity contribution is 7.99. The van der Waals surface area contributed by atoms with Gasteiger partial charge in [0, 0.05) is 24.1 Å². The van der Waals surface area contributed by atoms with E-state index in [0.717, 1.165) is 36.0 Å². The molecule has 0 bridgehead atoms. The molecule has 1 aromatic carbocycles. The van der Waals surface area contributed by atoms with Gasteiger partial charge in [-0.15, -0.1) is 8.78 Å². The van der Waals surface area contributed by atoms with E-state index in [1.807, 2.05) is 13.8 Å². The fourth-order valence-electron chi connectivity index (χ4n) is 3.29. The number of thioether (sulfide) groups is 1. The van der Waals surface area contributed by atoms with Crippen LogP contribution in [0.15, 0.2) is 23.4 Å². The van der Waals surface area contributed by atoms with Crippen molar-refractivity contribution in [1.29, 1.82) is 0 Å². The molecule has 1 fully saturated rings. The van der Waals surface area contributed by atoms with Crippen LogP contribution < -0.4 is 14.8 Å². The average Bonchev–Trinajstić information content (AvgIpc) is 3.33. The Labute approximate surface area is 170 Å². The summed E-state index contributed by atoms with van der Waals surface area (Å²) in [6.07, 6.45) is -1.44. The van der Waals surface area contributed by atoms with Crippen molar-refractivity contribution >= 4 is 23.4 Å². The van der Waals surface area contributed by atoms with Gasteiger partial charge >= 0.3 is 6.29 Å². The van der Waals surface area contributed by atoms with Gasteiger partial charge in [0.15, 0.2) is 16.7 Å². The van der Waals surface area contributed by atoms with Gasteiger partial charge in [-0.1, -0.05) is 11.8 Å². The fraction of sp³-hybridized carbons (Fsp3) is 0.474. The number of ether oxygens (including phenoxy) is 3. The first-order valence-corrected chi connectivity index (χ1v) is 10.3. The molecule has 0 saturated carbocycles. The van der Waals surface area contributed by atoms with Crippen LogP contribution in [0.2, 0.25) is 0 Å². The van der Waals surface area contributed by atoms with Crippen molar-refractivity contribution in [2.45, 2.75) is 50.8 Å². The van der Waals surface area contributed by atoms with Gasteiger partial charge in [-0.25, -0.2) is 4.98 Å². The van der Waals surface area contributed by atoms with Crippen molar-refractivity contribution in [2.75, 3.05) is 17.7 Å². The fourth-order valence-corrected chi connectivity index (χ4v) is 4.20. The van der Waals surface area contributed by atoms with Gasteiger partial charge in [0.25, 0.3) is 0 Å². The van der Waals surface area contributed by atoms with Crippen molar-refractivity contribution in [3.63, 3.8) is 0 Å². The second kappa shape index (κ2) is 7.83. The predicted octanol–water partition coefficient (Wildman–Crippen LogP) is 3.73. The summed E-state index contributed by atoms with van der Waals surface area (Å²) in [5, 5.41) is 3.44. The zero-order valence-electron chi connectivity index (χ0n) is 16.0. The van der Waals surface area contributed by atoms with Crippen LogP contribution in [0.4, 0.5) is 14.5 Å². The Balaban J connectivity index is 1.37. The molecule has 2 aliphatic heterocycles. The van der Waals surface area contributed by atoms with Gasteiger partial charge in [-0.2, -0.15) is 0 Å². The van der Waals surface area contributed by atoms with E-state index in [1.54, 1.807) is 0 Å². The summed E-state index contributed by atoms with van der Waals surface area (Å²) in [7, 11) is 0. The summed E-state index contributed by atoms with van der Waals surface area (Å²) in [6.45, 7) is 5.44. The number of hydrogen-bond acceptors (Lipinski definition) is 6. The van der Waals surface area contributed by atoms with Gasteiger partial charge in [-0.3, -0.25) is 4.79 Å². The van der Waals surface area contributed by atoms with E-state index in [4.69, 9.17) is 4.74 Å². The molecule has 0 unspecified atom stereocenters. The number of alkyl halides is 2. The van der Waals surface area contributed by atoms with Crippen LogP contribution in [-0.4, -0.2) is 40.2 Å². The predicted molar refractivity (Wildman–Crippen MR) is 103 cm³/mol. The molecular weight excluding hydrogens is 404 g/mol. The smallest absolute Gasteiger partial charge is 0.395 e. The van der Waals surface area contributed by atoms with Crippen molar-refractivity contribution in [3.05, 3.63) is 29.6 Å². The third-order valence-electron chi connectivity index (χ3n) is 4.85. The van der Waals surface area contributed by atoms with E-state index in [1.165, 1.54) is 30.0 Å². The van der Waals surface area contributed by atoms with Gasteiger partial charge < -0.3 is 24.1 Å². The number of aromatic nitrogens is 2. The largest absolute Gasteiger partial charge is 0.586 e. The van der Waals surface area contributed by atoms with E-state index in [0.29, 0.717) is 12.2 Å². The number of fused-ring (bicyclic) bond motifs is 1. The molecular formula is C19H21F2N3O4S. The summed E-state index contributed by atoms with van der Waals surface area (Å²) < 4.78 is 42.8. The summed E-state index contributed by atoms with van der Waals surface area (Å²) in [5.74, 6) is -0.322. The molecule has 2 aliphatic rings. The monoisotopic (exact) mass is 425 g/mol. The van der Waals surface area contributed by atoms with Crippen LogP contribution in [-0.2, 0) is 16.1 Å². The Morgan fingerprint density at radius 1 is 1.34 bits per heavy atom. The Bertz CT molecular complexity index is 928. The van der Waals surface area contributed by atoms with Crippen LogP contribution in [0.3, 0.4) is 0 Å². The molecule has 1 N–H and O–H groups in total. The zero-order valence-corrected chi connectivity index (χ0v) is 16.9. The Morgan fingerprint density at radius 2 is 2.14 bits per heavy atom. The number of benzene rings is 1. The lowest BCUT2D eigenvalue weighted by Gasteiger charge is -2.14. The Hall–Kier alpha value is -2.33. The number of carbonyl (C=O) groups excluding carboxylic acids is 1. The molecule has 1 aromatic heterocycles. The molecule has 156 valence electrons. The van der Waals surface area contributed by atoms with E-state index >= 15 is 0 Å². The maximum Gasteiger partial charge on any atom is 0.586 e. The number of nitrogens with one attached hydrogen (secondary N) is 1. The van der Waals surface area contributed by atoms with Crippen LogP contribution in [0.25, 0.3) is 0 Å². The molecule has 0 radical (unpaired) electrons. The van der Waals surface area contributed by atoms with Crippen molar-refractivity contribution < 1.29 is 27.8 Å². The van der Waals surface area contributed by atoms with Crippen LogP contribution in [0.1, 0.15) is 24.2 Å². The van der Waals surface area contributed by atoms with Crippen LogP contribution in [0.5, 0.6) is 11.5 Å². The second-order valence-electron chi connectivity index (χ2n) is 6.98. The van der Waals surface area contributed by atoms with E-state index in [2.05, 4.69) is 24.3 Å². The molecule has 0 spiro atoms. The summed E-state index contributed by atoms with van der Waals surface area (Å²) in [4.78, 5) is 16.9. The quantitative estimate of drug-likeness (QED) is 0.711. The Kier molecular flexibility index (Phi) is 5.39. The Morgan fingerprint density at radius 3 is 2.90 bits per heavy atom. The highest BCUT2D eigenvalue weighted by Gasteiger charge is 2.43. The van der Waals surface area contributed by atoms with Gasteiger partial charge in [0.05, 0.1) is 24.1 Å². The summed E-state index contributed by atoms with van der Waals surface area (Å²) in [6, 6.07) is 4.13. The SMILES string of the molecule is Cc1nc(SCC(=O)Nc2ccc3c(c2)OC(F)(F)O3)n(C[C@@H]2CCCO2)c1C. The average molecular weight is 425 g/mol. The second-order valence-corrected chi connectivity index (χ2v) is 7.92. The van der Waals surface area contributed by atoms with Gasteiger partial charge in [-0.05, 0) is 38.8 Å². The number of halogens is 2. The number of nitrogens with zero attached hydrogens (tertiary/aromatic N) is 2. The number of rotatable bonds is 6. The lowest BCUT2D eigenvalue weighted by molar-refractivity contribution is -0.286. The topological polar surface area (TPSA) is 74.6 Å². The van der Waals surface area contributed by atoms with Crippen LogP contribution >= 0.6 is 11.8 Å². The number of carbonyl (C=O) groups is 1. The highest BCUT2D eigenvalue weighted by Crippen LogP contribution is 2.42. The zero-order chi connectivity index (χ0) is 20.6. The molecule has 1 atom stereocenters. The lowest BCUT2D eigenvalue weighted by atomic mass is 10.2. The maximum atomic E-state index is 13.1. The highest BCUT2D eigenvalue weighted by atomic mass is 32.2. The molecule has 2 aromatic rings. The number of anilines is 1. The maximum absolute atomic E-state index is 13.1. The van der Waals surface area contributed by atoms with E-state index < -0.39 is 6.29 Å². The van der Waals surface area contributed by atoms with Crippen molar-refractivity contribution in [1.82, 2.24) is 9.55 Å². The third kappa shape index (κ3) is 4.48. The molecule has 10 heteroatoms. The van der Waals surface area contributed by atoms with Gasteiger partial charge in [0.2, 0.25) is 5.91 Å². The first-order valence-electron chi connectivity index (χ1n) is 9.28. The molecule has 4 rings (SSSR count). The summed E-state index contributed by atoms with van der Waals surface area (Å²) >= 11 is 1.33. The standard InChI is InChI=1S/C19H21F2N3O4S/c1-11-12(2)24(9-14-4-3-7-26-14)18(22-11)29-10-17(25)23-13-5-6-15-16(8-13)28-19(20,21)27-15/h5-6,8,14H,3-4,7,9-10H2,1-2H3,(H,23,25)/t14-/m0/s1. The van der Waals surface area contributed by atoms with E-state index in [9.17, 15) is 13.6 Å². The van der Waals surface area contributed by atoms with Crippen molar-refractivity contribution in [3.8, 4) is 11.5 Å². The molecule has 3 heterocycles. The first kappa shape index (κ1) is 20.0. The lowest BCUT2D eigenvalue weighted by Crippen LogP contribution is -2.25. The molecule has 0 aliphatic carbocycles. The number of amides is 1.